The number of benzene rings is 2. The molecule has 2 aromatic rings. The minimum Gasteiger partial charge on any atom is -0.374 e. The summed E-state index contributed by atoms with van der Waals surface area (Å²) in [6, 6.07) is 9.15. The van der Waals surface area contributed by atoms with Gasteiger partial charge >= 0.3 is 6.18 Å². The summed E-state index contributed by atoms with van der Waals surface area (Å²) in [5, 5.41) is 7.06. The van der Waals surface area contributed by atoms with Gasteiger partial charge in [-0.25, -0.2) is 0 Å². The molecule has 1 aliphatic heterocycles. The smallest absolute Gasteiger partial charge is 0.374 e. The molecule has 1 N–H and O–H groups in total. The topological polar surface area (TPSA) is 50.7 Å². The predicted molar refractivity (Wildman–Crippen MR) is 119 cm³/mol. The van der Waals surface area contributed by atoms with Gasteiger partial charge in [0.05, 0.1) is 5.71 Å². The average molecular weight is 487 g/mol. The lowest BCUT2D eigenvalue weighted by atomic mass is 9.85. The van der Waals surface area contributed by atoms with Crippen molar-refractivity contribution in [3.8, 4) is 0 Å². The van der Waals surface area contributed by atoms with Crippen molar-refractivity contribution in [3.63, 3.8) is 0 Å². The first-order valence-corrected chi connectivity index (χ1v) is 10.9. The number of aryl methyl sites for hydroxylation is 1. The van der Waals surface area contributed by atoms with Gasteiger partial charge in [-0.15, -0.1) is 0 Å². The molecule has 0 bridgehead atoms. The van der Waals surface area contributed by atoms with Gasteiger partial charge in [0.25, 0.3) is 5.60 Å². The van der Waals surface area contributed by atoms with Crippen LogP contribution in [0.25, 0.3) is 0 Å². The van der Waals surface area contributed by atoms with E-state index >= 15 is 0 Å². The lowest BCUT2D eigenvalue weighted by Crippen LogP contribution is -2.42. The molecule has 3 rings (SSSR count). The molecule has 1 unspecified atom stereocenters. The second-order valence-corrected chi connectivity index (χ2v) is 8.85. The van der Waals surface area contributed by atoms with E-state index in [1.54, 1.807) is 32.0 Å². The molecule has 1 amide bonds. The summed E-state index contributed by atoms with van der Waals surface area (Å²) in [7, 11) is 0. The molecule has 172 valence electrons. The first kappa shape index (κ1) is 24.4. The molecule has 4 nitrogen and oxygen atoms in total. The number of hydrogen-bond donors (Lipinski definition) is 1. The number of carbonyl (C=O) groups is 1. The van der Waals surface area contributed by atoms with Gasteiger partial charge in [0.1, 0.15) is 0 Å². The molecule has 0 aliphatic carbocycles. The number of nitrogens with one attached hydrogen (secondary N) is 1. The van der Waals surface area contributed by atoms with Crippen LogP contribution in [-0.2, 0) is 28.2 Å². The summed E-state index contributed by atoms with van der Waals surface area (Å²) < 4.78 is 42.7. The van der Waals surface area contributed by atoms with Gasteiger partial charge in [-0.05, 0) is 35.7 Å². The molecule has 0 saturated carbocycles. The van der Waals surface area contributed by atoms with Gasteiger partial charge in [0, 0.05) is 40.1 Å². The molecule has 0 saturated heterocycles. The SMILES string of the molecule is CCc1cc(Cl)cc(C2(C(F)(F)F)CC(c3ccc(CNC(=O)C(C)C)c(Cl)c3)=NO2)c1. The second kappa shape index (κ2) is 9.32. The van der Waals surface area contributed by atoms with E-state index < -0.39 is 18.2 Å². The van der Waals surface area contributed by atoms with E-state index in [-0.39, 0.29) is 34.7 Å². The van der Waals surface area contributed by atoms with E-state index in [0.717, 1.165) is 0 Å². The monoisotopic (exact) mass is 486 g/mol. The largest absolute Gasteiger partial charge is 0.435 e. The Morgan fingerprint density at radius 3 is 2.53 bits per heavy atom. The fourth-order valence-electron chi connectivity index (χ4n) is 3.40. The summed E-state index contributed by atoms with van der Waals surface area (Å²) in [5.74, 6) is -0.296. The van der Waals surface area contributed by atoms with E-state index in [9.17, 15) is 18.0 Å². The molecule has 0 fully saturated rings. The zero-order chi connectivity index (χ0) is 23.7. The molecule has 2 aromatic carbocycles. The van der Waals surface area contributed by atoms with Crippen molar-refractivity contribution in [3.05, 3.63) is 68.7 Å². The Morgan fingerprint density at radius 2 is 1.94 bits per heavy atom. The van der Waals surface area contributed by atoms with Crippen LogP contribution in [0.2, 0.25) is 10.0 Å². The number of hydrogen-bond acceptors (Lipinski definition) is 3. The highest BCUT2D eigenvalue weighted by Gasteiger charge is 2.62. The van der Waals surface area contributed by atoms with Crippen LogP contribution in [0.3, 0.4) is 0 Å². The third-order valence-electron chi connectivity index (χ3n) is 5.38. The van der Waals surface area contributed by atoms with Gasteiger partial charge in [0.2, 0.25) is 5.91 Å². The molecule has 1 heterocycles. The number of oxime groups is 1. The zero-order valence-electron chi connectivity index (χ0n) is 17.8. The molecule has 0 spiro atoms. The average Bonchev–Trinajstić information content (AvgIpc) is 3.19. The van der Waals surface area contributed by atoms with E-state index in [4.69, 9.17) is 28.0 Å². The summed E-state index contributed by atoms with van der Waals surface area (Å²) in [6.07, 6.45) is -4.71. The number of carbonyl (C=O) groups excluding carboxylic acids is 1. The minimum absolute atomic E-state index is 0.0905. The van der Waals surface area contributed by atoms with Crippen LogP contribution in [0.4, 0.5) is 13.2 Å². The van der Waals surface area contributed by atoms with E-state index in [1.807, 2.05) is 6.92 Å². The summed E-state index contributed by atoms with van der Waals surface area (Å²) in [4.78, 5) is 16.9. The molecule has 1 atom stereocenters. The zero-order valence-corrected chi connectivity index (χ0v) is 19.3. The lowest BCUT2D eigenvalue weighted by Gasteiger charge is -2.30. The van der Waals surface area contributed by atoms with Crippen molar-refractivity contribution < 1.29 is 22.8 Å². The van der Waals surface area contributed by atoms with Crippen molar-refractivity contribution in [2.24, 2.45) is 11.1 Å². The molecule has 9 heteroatoms. The molecular weight excluding hydrogens is 464 g/mol. The van der Waals surface area contributed by atoms with Crippen LogP contribution in [0.5, 0.6) is 0 Å². The number of nitrogens with zero attached hydrogens (tertiary/aromatic N) is 1. The first-order valence-electron chi connectivity index (χ1n) is 10.1. The fraction of sp³-hybridized carbons (Fsp3) is 0.391. The van der Waals surface area contributed by atoms with E-state index in [0.29, 0.717) is 28.1 Å². The normalized spacial score (nSPS) is 18.5. The molecule has 32 heavy (non-hydrogen) atoms. The maximum absolute atomic E-state index is 14.2. The maximum Gasteiger partial charge on any atom is 0.435 e. The van der Waals surface area contributed by atoms with Gasteiger partial charge in [-0.2, -0.15) is 13.2 Å². The van der Waals surface area contributed by atoms with Crippen molar-refractivity contribution in [1.82, 2.24) is 5.32 Å². The van der Waals surface area contributed by atoms with Gasteiger partial charge in [-0.3, -0.25) is 4.79 Å². The lowest BCUT2D eigenvalue weighted by molar-refractivity contribution is -0.275. The highest BCUT2D eigenvalue weighted by molar-refractivity contribution is 6.32. The molecule has 0 aromatic heterocycles. The Labute approximate surface area is 194 Å². The fourth-order valence-corrected chi connectivity index (χ4v) is 3.91. The molecular formula is C23H23Cl2F3N2O2. The standard InChI is InChI=1S/C23H23Cl2F3N2O2/c1-4-14-7-17(10-18(24)8-14)22(23(26,27)28)11-20(30-32-22)15-5-6-16(19(25)9-15)12-29-21(31)13(2)3/h5-10,13H,4,11-12H2,1-3H3,(H,29,31). The van der Waals surface area contributed by atoms with Crippen LogP contribution >= 0.6 is 23.2 Å². The number of alkyl halides is 3. The Hall–Kier alpha value is -2.25. The molecule has 0 radical (unpaired) electrons. The molecule has 1 aliphatic rings. The predicted octanol–water partition coefficient (Wildman–Crippen LogP) is 6.41. The van der Waals surface area contributed by atoms with Crippen molar-refractivity contribution in [1.29, 1.82) is 0 Å². The van der Waals surface area contributed by atoms with Crippen LogP contribution < -0.4 is 5.32 Å². The Kier molecular flexibility index (Phi) is 7.10. The Balaban J connectivity index is 1.88. The Morgan fingerprint density at radius 1 is 1.22 bits per heavy atom. The van der Waals surface area contributed by atoms with Gasteiger partial charge in [-0.1, -0.05) is 67.3 Å². The van der Waals surface area contributed by atoms with Crippen molar-refractivity contribution in [2.45, 2.75) is 51.9 Å². The van der Waals surface area contributed by atoms with E-state index in [2.05, 4.69) is 10.5 Å². The van der Waals surface area contributed by atoms with Crippen molar-refractivity contribution >= 4 is 34.8 Å². The van der Waals surface area contributed by atoms with Crippen LogP contribution in [-0.4, -0.2) is 17.8 Å². The van der Waals surface area contributed by atoms with E-state index in [1.165, 1.54) is 18.2 Å². The van der Waals surface area contributed by atoms with Crippen molar-refractivity contribution in [2.75, 3.05) is 0 Å². The van der Waals surface area contributed by atoms with Crippen LogP contribution in [0.1, 0.15) is 49.4 Å². The van der Waals surface area contributed by atoms with Gasteiger partial charge in [0.15, 0.2) is 0 Å². The first-order chi connectivity index (χ1) is 15.0. The van der Waals surface area contributed by atoms with Crippen LogP contribution in [0.15, 0.2) is 41.6 Å². The number of halogens is 5. The third kappa shape index (κ3) is 4.89. The highest BCUT2D eigenvalue weighted by Crippen LogP contribution is 2.49. The van der Waals surface area contributed by atoms with Crippen LogP contribution in [0, 0.1) is 5.92 Å². The summed E-state index contributed by atoms with van der Waals surface area (Å²) in [6.45, 7) is 5.59. The Bertz CT molecular complexity index is 1050. The summed E-state index contributed by atoms with van der Waals surface area (Å²) >= 11 is 12.4. The highest BCUT2D eigenvalue weighted by atomic mass is 35.5. The quantitative estimate of drug-likeness (QED) is 0.512. The third-order valence-corrected chi connectivity index (χ3v) is 5.95. The minimum atomic E-state index is -4.72. The second-order valence-electron chi connectivity index (χ2n) is 8.01. The number of amides is 1. The number of rotatable bonds is 6. The van der Waals surface area contributed by atoms with Gasteiger partial charge < -0.3 is 10.2 Å². The summed E-state index contributed by atoms with van der Waals surface area (Å²) in [5.41, 5.74) is -0.865. The maximum atomic E-state index is 14.2.